The minimum absolute atomic E-state index is 0.231. The van der Waals surface area contributed by atoms with E-state index >= 15 is 0 Å². The highest BCUT2D eigenvalue weighted by molar-refractivity contribution is 5.65. The number of anilines is 2. The SMILES string of the molecule is CC(C)c1nn(C)c(NCC(C)(C)C)c1N. The third kappa shape index (κ3) is 2.90. The molecule has 0 aromatic carbocycles. The molecular formula is C12H24N4. The highest BCUT2D eigenvalue weighted by Gasteiger charge is 2.17. The molecule has 0 fully saturated rings. The van der Waals surface area contributed by atoms with E-state index in [1.165, 1.54) is 0 Å². The summed E-state index contributed by atoms with van der Waals surface area (Å²) in [5.74, 6) is 1.29. The van der Waals surface area contributed by atoms with Crippen LogP contribution >= 0.6 is 0 Å². The van der Waals surface area contributed by atoms with Gasteiger partial charge < -0.3 is 11.1 Å². The Labute approximate surface area is 98.2 Å². The van der Waals surface area contributed by atoms with Gasteiger partial charge in [0.05, 0.1) is 11.4 Å². The third-order valence-electron chi connectivity index (χ3n) is 2.45. The van der Waals surface area contributed by atoms with Gasteiger partial charge in [0.1, 0.15) is 5.82 Å². The maximum Gasteiger partial charge on any atom is 0.147 e. The van der Waals surface area contributed by atoms with Crippen LogP contribution in [0.15, 0.2) is 0 Å². The molecule has 0 aliphatic carbocycles. The fraction of sp³-hybridized carbons (Fsp3) is 0.750. The molecule has 1 aromatic heterocycles. The van der Waals surface area contributed by atoms with Crippen molar-refractivity contribution in [3.8, 4) is 0 Å². The summed E-state index contributed by atoms with van der Waals surface area (Å²) in [4.78, 5) is 0. The van der Waals surface area contributed by atoms with Crippen LogP contribution in [0.2, 0.25) is 0 Å². The van der Waals surface area contributed by atoms with E-state index in [1.807, 2.05) is 11.7 Å². The molecule has 3 N–H and O–H groups in total. The van der Waals surface area contributed by atoms with Gasteiger partial charge in [0.2, 0.25) is 0 Å². The van der Waals surface area contributed by atoms with Gasteiger partial charge in [-0.05, 0) is 11.3 Å². The van der Waals surface area contributed by atoms with Crippen LogP contribution in [-0.2, 0) is 7.05 Å². The van der Waals surface area contributed by atoms with Gasteiger partial charge in [-0.3, -0.25) is 4.68 Å². The van der Waals surface area contributed by atoms with Gasteiger partial charge in [0.15, 0.2) is 0 Å². The molecule has 16 heavy (non-hydrogen) atoms. The smallest absolute Gasteiger partial charge is 0.147 e. The van der Waals surface area contributed by atoms with Gasteiger partial charge in [-0.15, -0.1) is 0 Å². The van der Waals surface area contributed by atoms with Crippen molar-refractivity contribution in [2.45, 2.75) is 40.5 Å². The molecule has 1 heterocycles. The fourth-order valence-corrected chi connectivity index (χ4v) is 1.55. The largest absolute Gasteiger partial charge is 0.394 e. The molecule has 92 valence electrons. The number of hydrogen-bond acceptors (Lipinski definition) is 3. The zero-order valence-electron chi connectivity index (χ0n) is 11.3. The average Bonchev–Trinajstić information content (AvgIpc) is 2.38. The molecule has 0 unspecified atom stereocenters. The summed E-state index contributed by atoms with van der Waals surface area (Å²) in [6, 6.07) is 0. The van der Waals surface area contributed by atoms with Gasteiger partial charge in [-0.2, -0.15) is 5.10 Å². The summed E-state index contributed by atoms with van der Waals surface area (Å²) in [6.45, 7) is 11.7. The minimum atomic E-state index is 0.231. The number of hydrogen-bond donors (Lipinski definition) is 2. The topological polar surface area (TPSA) is 55.9 Å². The van der Waals surface area contributed by atoms with E-state index in [2.05, 4.69) is 45.0 Å². The van der Waals surface area contributed by atoms with Crippen LogP contribution in [0.3, 0.4) is 0 Å². The quantitative estimate of drug-likeness (QED) is 0.829. The molecule has 0 saturated carbocycles. The second-order valence-electron chi connectivity index (χ2n) is 5.84. The van der Waals surface area contributed by atoms with Crippen molar-refractivity contribution in [3.05, 3.63) is 5.69 Å². The Hall–Kier alpha value is -1.19. The van der Waals surface area contributed by atoms with Crippen molar-refractivity contribution in [2.24, 2.45) is 12.5 Å². The maximum atomic E-state index is 6.09. The van der Waals surface area contributed by atoms with Gasteiger partial charge >= 0.3 is 0 Å². The van der Waals surface area contributed by atoms with Crippen LogP contribution in [0, 0.1) is 5.41 Å². The second kappa shape index (κ2) is 4.36. The summed E-state index contributed by atoms with van der Waals surface area (Å²) >= 11 is 0. The Kier molecular flexibility index (Phi) is 3.51. The van der Waals surface area contributed by atoms with Crippen molar-refractivity contribution < 1.29 is 0 Å². The Morgan fingerprint density at radius 2 is 1.94 bits per heavy atom. The van der Waals surface area contributed by atoms with Crippen molar-refractivity contribution in [1.82, 2.24) is 9.78 Å². The van der Waals surface area contributed by atoms with Crippen LogP contribution in [0.1, 0.15) is 46.2 Å². The zero-order chi connectivity index (χ0) is 12.5. The number of rotatable bonds is 3. The van der Waals surface area contributed by atoms with Gasteiger partial charge in [0.25, 0.3) is 0 Å². The van der Waals surface area contributed by atoms with Crippen molar-refractivity contribution >= 4 is 11.5 Å². The normalized spacial score (nSPS) is 12.2. The first-order valence-electron chi connectivity index (χ1n) is 5.78. The Bertz CT molecular complexity index is 358. The van der Waals surface area contributed by atoms with E-state index in [0.717, 1.165) is 23.7 Å². The van der Waals surface area contributed by atoms with E-state index < -0.39 is 0 Å². The van der Waals surface area contributed by atoms with Crippen LogP contribution in [0.25, 0.3) is 0 Å². The monoisotopic (exact) mass is 224 g/mol. The van der Waals surface area contributed by atoms with E-state index in [4.69, 9.17) is 5.73 Å². The highest BCUT2D eigenvalue weighted by Crippen LogP contribution is 2.28. The standard InChI is InChI=1S/C12H24N4/c1-8(2)10-9(13)11(16(6)15-10)14-7-12(3,4)5/h8,14H,7,13H2,1-6H3. The predicted octanol–water partition coefficient (Wildman–Crippen LogP) is 2.58. The zero-order valence-corrected chi connectivity index (χ0v) is 11.3. The number of nitrogens with one attached hydrogen (secondary N) is 1. The molecule has 0 bridgehead atoms. The number of aryl methyl sites for hydroxylation is 1. The van der Waals surface area contributed by atoms with Crippen LogP contribution < -0.4 is 11.1 Å². The lowest BCUT2D eigenvalue weighted by Gasteiger charge is -2.19. The first kappa shape index (κ1) is 12.9. The number of nitrogens with zero attached hydrogens (tertiary/aromatic N) is 2. The van der Waals surface area contributed by atoms with Gasteiger partial charge in [-0.1, -0.05) is 34.6 Å². The summed E-state index contributed by atoms with van der Waals surface area (Å²) in [5.41, 5.74) is 8.07. The Balaban J connectivity index is 2.89. The number of aromatic nitrogens is 2. The van der Waals surface area contributed by atoms with E-state index in [1.54, 1.807) is 0 Å². The molecule has 0 amide bonds. The van der Waals surface area contributed by atoms with E-state index in [0.29, 0.717) is 5.92 Å². The molecule has 0 atom stereocenters. The van der Waals surface area contributed by atoms with E-state index in [9.17, 15) is 0 Å². The average molecular weight is 224 g/mol. The lowest BCUT2D eigenvalue weighted by molar-refractivity contribution is 0.441. The molecule has 1 aromatic rings. The molecular weight excluding hydrogens is 200 g/mol. The molecule has 0 saturated heterocycles. The van der Waals surface area contributed by atoms with Gasteiger partial charge in [0, 0.05) is 13.6 Å². The first-order chi connectivity index (χ1) is 7.22. The maximum absolute atomic E-state index is 6.09. The number of nitrogen functional groups attached to an aromatic ring is 1. The molecule has 0 aliphatic heterocycles. The van der Waals surface area contributed by atoms with E-state index in [-0.39, 0.29) is 5.41 Å². The second-order valence-corrected chi connectivity index (χ2v) is 5.84. The fourth-order valence-electron chi connectivity index (χ4n) is 1.55. The summed E-state index contributed by atoms with van der Waals surface area (Å²) in [7, 11) is 1.92. The molecule has 4 nitrogen and oxygen atoms in total. The Morgan fingerprint density at radius 1 is 1.38 bits per heavy atom. The molecule has 0 radical (unpaired) electrons. The van der Waals surface area contributed by atoms with Crippen molar-refractivity contribution in [2.75, 3.05) is 17.6 Å². The summed E-state index contributed by atoms with van der Waals surface area (Å²) in [6.07, 6.45) is 0. The highest BCUT2D eigenvalue weighted by atomic mass is 15.3. The van der Waals surface area contributed by atoms with Crippen molar-refractivity contribution in [3.63, 3.8) is 0 Å². The lowest BCUT2D eigenvalue weighted by atomic mass is 9.97. The van der Waals surface area contributed by atoms with Crippen LogP contribution in [0.5, 0.6) is 0 Å². The first-order valence-corrected chi connectivity index (χ1v) is 5.78. The molecule has 1 rings (SSSR count). The molecule has 0 spiro atoms. The number of nitrogens with two attached hydrogens (primary N) is 1. The summed E-state index contributed by atoms with van der Waals surface area (Å²) in [5, 5.41) is 7.81. The van der Waals surface area contributed by atoms with Gasteiger partial charge in [-0.25, -0.2) is 0 Å². The van der Waals surface area contributed by atoms with Crippen LogP contribution in [0.4, 0.5) is 11.5 Å². The lowest BCUT2D eigenvalue weighted by Crippen LogP contribution is -2.20. The third-order valence-corrected chi connectivity index (χ3v) is 2.45. The molecule has 4 heteroatoms. The van der Waals surface area contributed by atoms with Crippen LogP contribution in [-0.4, -0.2) is 16.3 Å². The minimum Gasteiger partial charge on any atom is -0.394 e. The summed E-state index contributed by atoms with van der Waals surface area (Å²) < 4.78 is 1.83. The Morgan fingerprint density at radius 3 is 2.31 bits per heavy atom. The molecule has 0 aliphatic rings. The van der Waals surface area contributed by atoms with Crippen molar-refractivity contribution in [1.29, 1.82) is 0 Å². The predicted molar refractivity (Wildman–Crippen MR) is 69.7 cm³/mol.